The number of likely N-dealkylation sites (N-methyl/N-ethyl adjacent to an activating group) is 1. The molecule has 0 saturated carbocycles. The van der Waals surface area contributed by atoms with Crippen molar-refractivity contribution >= 4 is 48.3 Å². The zero-order valence-corrected chi connectivity index (χ0v) is 23.1. The Bertz CT molecular complexity index is 1490. The van der Waals surface area contributed by atoms with Crippen LogP contribution in [0.2, 0.25) is 10.8 Å². The molecule has 1 unspecified atom stereocenters. The van der Waals surface area contributed by atoms with Crippen molar-refractivity contribution in [3.63, 3.8) is 0 Å². The van der Waals surface area contributed by atoms with Crippen molar-refractivity contribution in [3.05, 3.63) is 51.8 Å². The molecule has 1 saturated heterocycles. The van der Waals surface area contributed by atoms with Gasteiger partial charge in [-0.25, -0.2) is 14.0 Å². The maximum Gasteiger partial charge on any atom is 0.526 e. The number of halogens is 2. The number of Topliss-reactive ketones (excluding diaryl/α,β-unsaturated/α-hetero) is 1. The second kappa shape index (κ2) is 11.9. The predicted octanol–water partition coefficient (Wildman–Crippen LogP) is 1.86. The molecular formula is C26H26BClFN3O10. The molecule has 222 valence electrons. The lowest BCUT2D eigenvalue weighted by molar-refractivity contribution is -0.155. The fourth-order valence-electron chi connectivity index (χ4n) is 5.05. The van der Waals surface area contributed by atoms with Gasteiger partial charge in [-0.3, -0.25) is 19.3 Å². The Morgan fingerprint density at radius 3 is 2.52 bits per heavy atom. The second-order valence-corrected chi connectivity index (χ2v) is 10.3. The Morgan fingerprint density at radius 2 is 1.88 bits per heavy atom. The van der Waals surface area contributed by atoms with E-state index in [-0.39, 0.29) is 36.4 Å². The summed E-state index contributed by atoms with van der Waals surface area (Å²) in [5.74, 6) is -8.27. The van der Waals surface area contributed by atoms with Crippen LogP contribution in [0.25, 0.3) is 0 Å². The van der Waals surface area contributed by atoms with Crippen LogP contribution >= 0.6 is 11.6 Å². The van der Waals surface area contributed by atoms with E-state index in [1.807, 2.05) is 0 Å². The minimum atomic E-state index is -1.75. The number of nitrogens with zero attached hydrogens (tertiary/aromatic N) is 2. The zero-order chi connectivity index (χ0) is 31.0. The molecule has 0 radical (unpaired) electrons. The number of amides is 4. The number of carboxylic acid groups (broad SMARTS) is 1. The standard InChI is InChI=1S/C26H26BClFN3O10/c1-3-31-10-11(2)32(24(37)23(31)36)26(40)30-20(14-5-7-16(33)21(35)19(14)28)17(34)9-13-8-12-4-6-15(29)18(25(38)39)22(12)42-27(13)41/h4-7,11,13,20,33,35,41H,3,8-10H2,1-2H3,(H,30,40)(H,38,39)/t11-,13+,20?/m0/s1. The van der Waals surface area contributed by atoms with Crippen LogP contribution in [0, 0.1) is 5.82 Å². The number of urea groups is 1. The summed E-state index contributed by atoms with van der Waals surface area (Å²) in [5, 5.41) is 41.9. The van der Waals surface area contributed by atoms with E-state index in [0.717, 1.165) is 18.2 Å². The number of ketones is 1. The summed E-state index contributed by atoms with van der Waals surface area (Å²) in [6, 6.07) is 0.853. The maximum absolute atomic E-state index is 14.1. The zero-order valence-electron chi connectivity index (χ0n) is 22.3. The Hall–Kier alpha value is -4.37. The van der Waals surface area contributed by atoms with Crippen molar-refractivity contribution < 1.29 is 53.4 Å². The van der Waals surface area contributed by atoms with E-state index in [1.165, 1.54) is 17.9 Å². The van der Waals surface area contributed by atoms with Gasteiger partial charge in [-0.2, -0.15) is 0 Å². The number of piperazine rings is 1. The largest absolute Gasteiger partial charge is 0.535 e. The topological polar surface area (TPSA) is 194 Å². The third kappa shape index (κ3) is 5.57. The molecule has 4 amide bonds. The second-order valence-electron chi connectivity index (χ2n) is 9.95. The number of carbonyl (C=O) groups is 5. The predicted molar refractivity (Wildman–Crippen MR) is 144 cm³/mol. The van der Waals surface area contributed by atoms with Crippen molar-refractivity contribution in [2.45, 2.75) is 44.6 Å². The number of carbonyl (C=O) groups excluding carboxylic acids is 4. The van der Waals surface area contributed by atoms with Crippen molar-refractivity contribution in [2.24, 2.45) is 0 Å². The van der Waals surface area contributed by atoms with Gasteiger partial charge in [0, 0.05) is 30.9 Å². The Balaban J connectivity index is 1.64. The average molecular weight is 606 g/mol. The van der Waals surface area contributed by atoms with E-state index in [4.69, 9.17) is 16.3 Å². The quantitative estimate of drug-likeness (QED) is 0.177. The molecule has 0 aromatic heterocycles. The highest BCUT2D eigenvalue weighted by Gasteiger charge is 2.43. The van der Waals surface area contributed by atoms with Crippen molar-refractivity contribution in [1.82, 2.24) is 15.1 Å². The van der Waals surface area contributed by atoms with Crippen molar-refractivity contribution in [1.29, 1.82) is 0 Å². The molecule has 2 aromatic rings. The number of nitrogens with one attached hydrogen (secondary N) is 1. The first-order valence-electron chi connectivity index (χ1n) is 12.8. The molecule has 0 bridgehead atoms. The van der Waals surface area contributed by atoms with E-state index < -0.39 is 88.9 Å². The molecule has 4 rings (SSSR count). The van der Waals surface area contributed by atoms with Gasteiger partial charge in [0.1, 0.15) is 23.2 Å². The summed E-state index contributed by atoms with van der Waals surface area (Å²) >= 11 is 6.21. The molecule has 0 aliphatic carbocycles. The third-order valence-corrected chi connectivity index (χ3v) is 7.63. The lowest BCUT2D eigenvalue weighted by atomic mass is 9.64. The molecule has 13 nitrogen and oxygen atoms in total. The highest BCUT2D eigenvalue weighted by atomic mass is 35.5. The van der Waals surface area contributed by atoms with Gasteiger partial charge in [0.25, 0.3) is 0 Å². The number of aromatic hydroxyl groups is 2. The molecule has 2 aliphatic rings. The summed E-state index contributed by atoms with van der Waals surface area (Å²) in [4.78, 5) is 65.6. The first-order valence-corrected chi connectivity index (χ1v) is 13.2. The summed E-state index contributed by atoms with van der Waals surface area (Å²) in [7, 11) is -1.75. The van der Waals surface area contributed by atoms with Gasteiger partial charge in [-0.15, -0.1) is 0 Å². The van der Waals surface area contributed by atoms with Crippen molar-refractivity contribution in [3.8, 4) is 17.2 Å². The summed E-state index contributed by atoms with van der Waals surface area (Å²) in [6.45, 7) is 3.49. The number of carboxylic acids is 1. The molecule has 5 N–H and O–H groups in total. The number of phenolic OH excluding ortho intramolecular Hbond substituents is 2. The van der Waals surface area contributed by atoms with Crippen LogP contribution in [-0.4, -0.2) is 86.0 Å². The molecule has 16 heteroatoms. The van der Waals surface area contributed by atoms with Gasteiger partial charge in [-0.1, -0.05) is 23.7 Å². The average Bonchev–Trinajstić information content (AvgIpc) is 2.93. The van der Waals surface area contributed by atoms with Crippen LogP contribution in [0.4, 0.5) is 9.18 Å². The van der Waals surface area contributed by atoms with E-state index in [9.17, 15) is 48.7 Å². The van der Waals surface area contributed by atoms with Gasteiger partial charge in [0.15, 0.2) is 17.3 Å². The van der Waals surface area contributed by atoms with Gasteiger partial charge in [0.05, 0.1) is 11.1 Å². The van der Waals surface area contributed by atoms with E-state index >= 15 is 0 Å². The number of imide groups is 1. The van der Waals surface area contributed by atoms with Gasteiger partial charge >= 0.3 is 30.9 Å². The molecule has 42 heavy (non-hydrogen) atoms. The molecule has 0 spiro atoms. The molecule has 2 aromatic carbocycles. The molecule has 3 atom stereocenters. The summed E-state index contributed by atoms with van der Waals surface area (Å²) < 4.78 is 19.4. The van der Waals surface area contributed by atoms with E-state index in [1.54, 1.807) is 6.92 Å². The van der Waals surface area contributed by atoms with Crippen molar-refractivity contribution in [2.75, 3.05) is 13.1 Å². The Labute approximate surface area is 243 Å². The summed E-state index contributed by atoms with van der Waals surface area (Å²) in [6.07, 6.45) is -0.615. The van der Waals surface area contributed by atoms with Crippen LogP contribution in [0.1, 0.15) is 47.8 Å². The molecule has 2 aliphatic heterocycles. The fourth-order valence-corrected chi connectivity index (χ4v) is 5.32. The Kier molecular flexibility index (Phi) is 8.64. The highest BCUT2D eigenvalue weighted by Crippen LogP contribution is 2.41. The van der Waals surface area contributed by atoms with E-state index in [2.05, 4.69) is 5.32 Å². The van der Waals surface area contributed by atoms with E-state index in [0.29, 0.717) is 4.90 Å². The monoisotopic (exact) mass is 605 g/mol. The van der Waals surface area contributed by atoms with Crippen LogP contribution in [-0.2, 0) is 20.8 Å². The lowest BCUT2D eigenvalue weighted by Gasteiger charge is -2.37. The number of hydrogen-bond donors (Lipinski definition) is 5. The normalized spacial score (nSPS) is 19.2. The first kappa shape index (κ1) is 30.6. The first-order chi connectivity index (χ1) is 19.8. The lowest BCUT2D eigenvalue weighted by Crippen LogP contribution is -2.62. The van der Waals surface area contributed by atoms with Gasteiger partial charge in [-0.05, 0) is 38.0 Å². The SMILES string of the molecule is CCN1C[C@H](C)N(C(=O)NC(C(=O)C[C@H]2Cc3ccc(F)c(C(=O)O)c3OB2O)c2ccc(O)c(O)c2Cl)C(=O)C1=O. The smallest absolute Gasteiger partial charge is 0.526 e. The molecule has 1 fully saturated rings. The number of fused-ring (bicyclic) bond motifs is 1. The minimum Gasteiger partial charge on any atom is -0.535 e. The number of rotatable bonds is 7. The number of aromatic carboxylic acids is 1. The van der Waals surface area contributed by atoms with Crippen LogP contribution < -0.4 is 9.97 Å². The Morgan fingerprint density at radius 1 is 1.19 bits per heavy atom. The fraction of sp³-hybridized carbons (Fsp3) is 0.346. The number of phenols is 2. The number of hydrogen-bond acceptors (Lipinski definition) is 9. The highest BCUT2D eigenvalue weighted by molar-refractivity contribution is 6.47. The van der Waals surface area contributed by atoms with Gasteiger partial charge < -0.3 is 35.2 Å². The van der Waals surface area contributed by atoms with Crippen LogP contribution in [0.3, 0.4) is 0 Å². The van der Waals surface area contributed by atoms with Crippen LogP contribution in [0.15, 0.2) is 24.3 Å². The maximum atomic E-state index is 14.1. The van der Waals surface area contributed by atoms with Gasteiger partial charge in [0.2, 0.25) is 0 Å². The minimum absolute atomic E-state index is 0.0534. The molecular weight excluding hydrogens is 580 g/mol. The molecule has 2 heterocycles. The van der Waals surface area contributed by atoms with Crippen LogP contribution in [0.5, 0.6) is 17.2 Å². The number of benzene rings is 2. The summed E-state index contributed by atoms with van der Waals surface area (Å²) in [5.41, 5.74) is -0.723. The third-order valence-electron chi connectivity index (χ3n) is 7.23.